The molecule has 0 aromatic carbocycles. The second-order valence-corrected chi connectivity index (χ2v) is 3.36. The maximum absolute atomic E-state index is 11.5. The minimum atomic E-state index is -0.266. The summed E-state index contributed by atoms with van der Waals surface area (Å²) in [5.41, 5.74) is 0. The normalized spacial score (nSPS) is 11.8. The van der Waals surface area contributed by atoms with Gasteiger partial charge in [0.2, 0.25) is 0 Å². The van der Waals surface area contributed by atoms with Crippen molar-refractivity contribution in [2.75, 3.05) is 0 Å². The minimum absolute atomic E-state index is 0.155. The van der Waals surface area contributed by atoms with Gasteiger partial charge < -0.3 is 9.73 Å². The van der Waals surface area contributed by atoms with Crippen molar-refractivity contribution in [3.63, 3.8) is 0 Å². The monoisotopic (exact) mass is 206 g/mol. The third kappa shape index (κ3) is 3.13. The van der Waals surface area contributed by atoms with Crippen LogP contribution < -0.4 is 5.32 Å². The Morgan fingerprint density at radius 2 is 2.40 bits per heavy atom. The minimum Gasteiger partial charge on any atom is -0.456 e. The summed E-state index contributed by atoms with van der Waals surface area (Å²) >= 11 is 0. The SMILES string of the molecule is CCc1ccc(C(=O)NC(C)CC#N)o1. The van der Waals surface area contributed by atoms with Gasteiger partial charge in [-0.1, -0.05) is 6.92 Å². The van der Waals surface area contributed by atoms with E-state index < -0.39 is 0 Å². The predicted molar refractivity (Wildman–Crippen MR) is 55.2 cm³/mol. The van der Waals surface area contributed by atoms with Gasteiger partial charge in [0.05, 0.1) is 12.5 Å². The van der Waals surface area contributed by atoms with E-state index in [9.17, 15) is 4.79 Å². The van der Waals surface area contributed by atoms with Crippen LogP contribution in [0.15, 0.2) is 16.5 Å². The molecule has 15 heavy (non-hydrogen) atoms. The molecule has 0 aliphatic carbocycles. The van der Waals surface area contributed by atoms with E-state index in [4.69, 9.17) is 9.68 Å². The van der Waals surface area contributed by atoms with E-state index in [1.54, 1.807) is 19.1 Å². The highest BCUT2D eigenvalue weighted by Gasteiger charge is 2.12. The molecule has 1 N–H and O–H groups in total. The van der Waals surface area contributed by atoms with Crippen LogP contribution in [0.1, 0.15) is 36.6 Å². The highest BCUT2D eigenvalue weighted by molar-refractivity contribution is 5.91. The zero-order chi connectivity index (χ0) is 11.3. The molecule has 0 saturated heterocycles. The van der Waals surface area contributed by atoms with E-state index in [1.165, 1.54) is 0 Å². The van der Waals surface area contributed by atoms with Crippen LogP contribution in [0.5, 0.6) is 0 Å². The first-order valence-electron chi connectivity index (χ1n) is 4.94. The van der Waals surface area contributed by atoms with Crippen molar-refractivity contribution in [3.05, 3.63) is 23.7 Å². The highest BCUT2D eigenvalue weighted by Crippen LogP contribution is 2.08. The number of hydrogen-bond donors (Lipinski definition) is 1. The van der Waals surface area contributed by atoms with E-state index in [0.717, 1.165) is 12.2 Å². The van der Waals surface area contributed by atoms with E-state index in [2.05, 4.69) is 5.32 Å². The van der Waals surface area contributed by atoms with Gasteiger partial charge in [-0.2, -0.15) is 5.26 Å². The molecule has 1 unspecified atom stereocenters. The molecule has 4 heteroatoms. The van der Waals surface area contributed by atoms with Crippen molar-refractivity contribution in [2.24, 2.45) is 0 Å². The Morgan fingerprint density at radius 3 is 2.93 bits per heavy atom. The predicted octanol–water partition coefficient (Wildman–Crippen LogP) is 1.87. The summed E-state index contributed by atoms with van der Waals surface area (Å²) < 4.78 is 5.28. The van der Waals surface area contributed by atoms with Gasteiger partial charge in [-0.25, -0.2) is 0 Å². The van der Waals surface area contributed by atoms with Crippen molar-refractivity contribution >= 4 is 5.91 Å². The third-order valence-corrected chi connectivity index (χ3v) is 2.01. The number of carbonyl (C=O) groups is 1. The highest BCUT2D eigenvalue weighted by atomic mass is 16.3. The van der Waals surface area contributed by atoms with Gasteiger partial charge in [-0.3, -0.25) is 4.79 Å². The van der Waals surface area contributed by atoms with Crippen LogP contribution in [0.25, 0.3) is 0 Å². The number of furan rings is 1. The number of rotatable bonds is 4. The largest absolute Gasteiger partial charge is 0.456 e. The second-order valence-electron chi connectivity index (χ2n) is 3.36. The van der Waals surface area contributed by atoms with Gasteiger partial charge in [-0.15, -0.1) is 0 Å². The van der Waals surface area contributed by atoms with Crippen LogP contribution in [0.3, 0.4) is 0 Å². The first-order valence-corrected chi connectivity index (χ1v) is 4.94. The molecule has 1 heterocycles. The Kier molecular flexibility index (Phi) is 3.92. The van der Waals surface area contributed by atoms with Crippen LogP contribution >= 0.6 is 0 Å². The molecule has 0 radical (unpaired) electrons. The number of aryl methyl sites for hydroxylation is 1. The average Bonchev–Trinajstić information content (AvgIpc) is 2.66. The van der Waals surface area contributed by atoms with Gasteiger partial charge in [0.1, 0.15) is 5.76 Å². The van der Waals surface area contributed by atoms with Crippen molar-refractivity contribution < 1.29 is 9.21 Å². The Balaban J connectivity index is 2.57. The summed E-state index contributed by atoms with van der Waals surface area (Å²) in [5.74, 6) is 0.821. The molecule has 0 aliphatic rings. The average molecular weight is 206 g/mol. The Hall–Kier alpha value is -1.76. The Bertz CT molecular complexity index is 376. The summed E-state index contributed by atoms with van der Waals surface area (Å²) in [7, 11) is 0. The second kappa shape index (κ2) is 5.20. The molecule has 1 rings (SSSR count). The fourth-order valence-electron chi connectivity index (χ4n) is 1.17. The molecule has 0 aliphatic heterocycles. The number of nitriles is 1. The van der Waals surface area contributed by atoms with Gasteiger partial charge in [0, 0.05) is 12.5 Å². The molecule has 80 valence electrons. The van der Waals surface area contributed by atoms with Crippen LogP contribution in [0.4, 0.5) is 0 Å². The van der Waals surface area contributed by atoms with Crippen molar-refractivity contribution in [3.8, 4) is 6.07 Å². The van der Waals surface area contributed by atoms with Crippen LogP contribution in [-0.2, 0) is 6.42 Å². The number of carbonyl (C=O) groups excluding carboxylic acids is 1. The van der Waals surface area contributed by atoms with E-state index in [-0.39, 0.29) is 11.9 Å². The summed E-state index contributed by atoms with van der Waals surface area (Å²) in [4.78, 5) is 11.5. The lowest BCUT2D eigenvalue weighted by atomic mass is 10.2. The molecule has 1 aromatic heterocycles. The summed E-state index contributed by atoms with van der Waals surface area (Å²) in [5, 5.41) is 11.1. The summed E-state index contributed by atoms with van der Waals surface area (Å²) in [6.07, 6.45) is 1.06. The van der Waals surface area contributed by atoms with Crippen LogP contribution in [-0.4, -0.2) is 11.9 Å². The number of nitrogens with one attached hydrogen (secondary N) is 1. The van der Waals surface area contributed by atoms with Gasteiger partial charge in [0.15, 0.2) is 5.76 Å². The molecule has 0 spiro atoms. The smallest absolute Gasteiger partial charge is 0.287 e. The van der Waals surface area contributed by atoms with E-state index >= 15 is 0 Å². The Labute approximate surface area is 88.9 Å². The Morgan fingerprint density at radius 1 is 1.67 bits per heavy atom. The fraction of sp³-hybridized carbons (Fsp3) is 0.455. The van der Waals surface area contributed by atoms with Crippen LogP contribution in [0.2, 0.25) is 0 Å². The molecular weight excluding hydrogens is 192 g/mol. The van der Waals surface area contributed by atoms with E-state index in [1.807, 2.05) is 13.0 Å². The maximum Gasteiger partial charge on any atom is 0.287 e. The van der Waals surface area contributed by atoms with Crippen LogP contribution in [0, 0.1) is 11.3 Å². The number of hydrogen-bond acceptors (Lipinski definition) is 3. The molecule has 0 bridgehead atoms. The van der Waals surface area contributed by atoms with Gasteiger partial charge in [-0.05, 0) is 19.1 Å². The molecule has 0 fully saturated rings. The lowest BCUT2D eigenvalue weighted by Gasteiger charge is -2.07. The molecule has 1 aromatic rings. The molecule has 4 nitrogen and oxygen atoms in total. The van der Waals surface area contributed by atoms with Crippen molar-refractivity contribution in [1.82, 2.24) is 5.32 Å². The van der Waals surface area contributed by atoms with Gasteiger partial charge in [0.25, 0.3) is 5.91 Å². The lowest BCUT2D eigenvalue weighted by molar-refractivity contribution is 0.0911. The molecular formula is C11H14N2O2. The lowest BCUT2D eigenvalue weighted by Crippen LogP contribution is -2.31. The number of nitrogens with zero attached hydrogens (tertiary/aromatic N) is 1. The summed E-state index contributed by atoms with van der Waals surface area (Å²) in [6, 6.07) is 5.27. The first-order chi connectivity index (χ1) is 7.17. The topological polar surface area (TPSA) is 66.0 Å². The van der Waals surface area contributed by atoms with Gasteiger partial charge >= 0.3 is 0 Å². The van der Waals surface area contributed by atoms with E-state index in [0.29, 0.717) is 12.2 Å². The standard InChI is InChI=1S/C11H14N2O2/c1-3-9-4-5-10(15-9)11(14)13-8(2)6-7-12/h4-5,8H,3,6H2,1-2H3,(H,13,14). The summed E-state index contributed by atoms with van der Waals surface area (Å²) in [6.45, 7) is 3.74. The fourth-order valence-corrected chi connectivity index (χ4v) is 1.17. The number of amides is 1. The molecule has 1 amide bonds. The third-order valence-electron chi connectivity index (χ3n) is 2.01. The zero-order valence-electron chi connectivity index (χ0n) is 8.91. The molecule has 0 saturated carbocycles. The van der Waals surface area contributed by atoms with Crippen molar-refractivity contribution in [2.45, 2.75) is 32.7 Å². The zero-order valence-corrected chi connectivity index (χ0v) is 8.91. The maximum atomic E-state index is 11.5. The molecule has 1 atom stereocenters. The first kappa shape index (κ1) is 11.3. The quantitative estimate of drug-likeness (QED) is 0.817. The van der Waals surface area contributed by atoms with Crippen molar-refractivity contribution in [1.29, 1.82) is 5.26 Å².